The third-order valence-corrected chi connectivity index (χ3v) is 5.45. The van der Waals surface area contributed by atoms with Gasteiger partial charge < -0.3 is 14.6 Å². The standard InChI is InChI=1S/C21H23N3O4/c1-13(2)14-5-3-6-15(11-14)16-7-8-17(28-16)18(25)24-10-4-9-21(12-24)19(26)22-20(27)23-21/h3,5-8,11,13H,4,9-10,12H2,1-2H3,(H2,22,23,26,27). The minimum absolute atomic E-state index is 0.141. The summed E-state index contributed by atoms with van der Waals surface area (Å²) in [6.45, 7) is 4.91. The molecule has 28 heavy (non-hydrogen) atoms. The Labute approximate surface area is 163 Å². The van der Waals surface area contributed by atoms with Gasteiger partial charge >= 0.3 is 6.03 Å². The maximum atomic E-state index is 12.9. The van der Waals surface area contributed by atoms with Gasteiger partial charge in [-0.25, -0.2) is 4.79 Å². The molecule has 1 unspecified atom stereocenters. The highest BCUT2D eigenvalue weighted by atomic mass is 16.4. The molecule has 7 nitrogen and oxygen atoms in total. The minimum atomic E-state index is -1.04. The number of amides is 4. The lowest BCUT2D eigenvalue weighted by molar-refractivity contribution is -0.125. The Bertz CT molecular complexity index is 949. The second kappa shape index (κ2) is 6.82. The number of rotatable bonds is 3. The summed E-state index contributed by atoms with van der Waals surface area (Å²) in [5.74, 6) is 0.601. The van der Waals surface area contributed by atoms with E-state index in [1.165, 1.54) is 5.56 Å². The van der Waals surface area contributed by atoms with Crippen molar-refractivity contribution in [2.45, 2.75) is 38.1 Å². The van der Waals surface area contributed by atoms with Crippen molar-refractivity contribution in [3.05, 3.63) is 47.7 Å². The molecule has 2 aromatic rings. The normalized spacial score (nSPS) is 21.9. The average molecular weight is 381 g/mol. The number of hydrogen-bond acceptors (Lipinski definition) is 4. The highest BCUT2D eigenvalue weighted by molar-refractivity contribution is 6.07. The summed E-state index contributed by atoms with van der Waals surface area (Å²) in [5.41, 5.74) is 1.08. The molecule has 1 aromatic carbocycles. The van der Waals surface area contributed by atoms with E-state index in [0.717, 1.165) is 5.56 Å². The molecular weight excluding hydrogens is 358 g/mol. The van der Waals surface area contributed by atoms with E-state index in [4.69, 9.17) is 4.42 Å². The van der Waals surface area contributed by atoms with Crippen LogP contribution in [0.3, 0.4) is 0 Å². The topological polar surface area (TPSA) is 91.7 Å². The van der Waals surface area contributed by atoms with Gasteiger partial charge in [0.1, 0.15) is 11.3 Å². The van der Waals surface area contributed by atoms with Gasteiger partial charge in [-0.05, 0) is 42.5 Å². The predicted octanol–water partition coefficient (Wildman–Crippen LogP) is 2.88. The second-order valence-corrected chi connectivity index (χ2v) is 7.76. The van der Waals surface area contributed by atoms with Crippen LogP contribution in [0.5, 0.6) is 0 Å². The number of urea groups is 1. The summed E-state index contributed by atoms with van der Waals surface area (Å²) in [7, 11) is 0. The molecule has 1 aromatic heterocycles. The number of carbonyl (C=O) groups excluding carboxylic acids is 3. The summed E-state index contributed by atoms with van der Waals surface area (Å²) in [4.78, 5) is 38.2. The fraction of sp³-hybridized carbons (Fsp3) is 0.381. The van der Waals surface area contributed by atoms with Crippen molar-refractivity contribution in [2.75, 3.05) is 13.1 Å². The number of piperidine rings is 1. The van der Waals surface area contributed by atoms with Crippen molar-refractivity contribution in [1.29, 1.82) is 0 Å². The lowest BCUT2D eigenvalue weighted by Crippen LogP contribution is -2.59. The van der Waals surface area contributed by atoms with Crippen LogP contribution in [-0.2, 0) is 4.79 Å². The van der Waals surface area contributed by atoms with Gasteiger partial charge in [0.2, 0.25) is 0 Å². The highest BCUT2D eigenvalue weighted by Crippen LogP contribution is 2.29. The Kier molecular flexibility index (Phi) is 4.45. The van der Waals surface area contributed by atoms with Gasteiger partial charge in [-0.15, -0.1) is 0 Å². The molecule has 146 valence electrons. The molecule has 4 amide bonds. The number of carbonyl (C=O) groups is 3. The third kappa shape index (κ3) is 3.17. The first-order valence-electron chi connectivity index (χ1n) is 9.51. The van der Waals surface area contributed by atoms with Gasteiger partial charge in [-0.1, -0.05) is 32.0 Å². The van der Waals surface area contributed by atoms with E-state index in [0.29, 0.717) is 31.1 Å². The number of likely N-dealkylation sites (tertiary alicyclic amines) is 1. The zero-order chi connectivity index (χ0) is 19.9. The van der Waals surface area contributed by atoms with Crippen LogP contribution >= 0.6 is 0 Å². The number of benzene rings is 1. The Balaban J connectivity index is 1.54. The summed E-state index contributed by atoms with van der Waals surface area (Å²) >= 11 is 0. The Hall–Kier alpha value is -3.09. The van der Waals surface area contributed by atoms with Crippen LogP contribution in [0, 0.1) is 0 Å². The van der Waals surface area contributed by atoms with E-state index in [1.807, 2.05) is 12.1 Å². The number of hydrogen-bond donors (Lipinski definition) is 2. The first-order valence-corrected chi connectivity index (χ1v) is 9.51. The van der Waals surface area contributed by atoms with E-state index in [1.54, 1.807) is 17.0 Å². The van der Waals surface area contributed by atoms with Crippen LogP contribution < -0.4 is 10.6 Å². The van der Waals surface area contributed by atoms with Crippen LogP contribution in [0.2, 0.25) is 0 Å². The van der Waals surface area contributed by atoms with Crippen molar-refractivity contribution in [3.8, 4) is 11.3 Å². The average Bonchev–Trinajstić information content (AvgIpc) is 3.26. The van der Waals surface area contributed by atoms with Crippen LogP contribution in [-0.4, -0.2) is 41.4 Å². The largest absolute Gasteiger partial charge is 0.451 e. The lowest BCUT2D eigenvalue weighted by Gasteiger charge is -2.37. The van der Waals surface area contributed by atoms with Crippen LogP contribution in [0.4, 0.5) is 4.79 Å². The van der Waals surface area contributed by atoms with Crippen LogP contribution in [0.25, 0.3) is 11.3 Å². The Morgan fingerprint density at radius 1 is 1.21 bits per heavy atom. The molecule has 2 N–H and O–H groups in total. The molecule has 0 aliphatic carbocycles. The van der Waals surface area contributed by atoms with Crippen molar-refractivity contribution >= 4 is 17.8 Å². The summed E-state index contributed by atoms with van der Waals surface area (Å²) in [5, 5.41) is 4.95. The van der Waals surface area contributed by atoms with Gasteiger partial charge in [0, 0.05) is 12.1 Å². The van der Waals surface area contributed by atoms with Crippen molar-refractivity contribution < 1.29 is 18.8 Å². The van der Waals surface area contributed by atoms with E-state index in [9.17, 15) is 14.4 Å². The van der Waals surface area contributed by atoms with Gasteiger partial charge in [-0.2, -0.15) is 0 Å². The highest BCUT2D eigenvalue weighted by Gasteiger charge is 2.49. The lowest BCUT2D eigenvalue weighted by atomic mass is 9.89. The molecule has 1 atom stereocenters. The fourth-order valence-electron chi connectivity index (χ4n) is 3.86. The summed E-state index contributed by atoms with van der Waals surface area (Å²) in [6.07, 6.45) is 1.14. The van der Waals surface area contributed by atoms with Gasteiger partial charge in [0.15, 0.2) is 5.76 Å². The third-order valence-electron chi connectivity index (χ3n) is 5.45. The van der Waals surface area contributed by atoms with Crippen molar-refractivity contribution in [3.63, 3.8) is 0 Å². The number of nitrogens with one attached hydrogen (secondary N) is 2. The van der Waals surface area contributed by atoms with Gasteiger partial charge in [0.05, 0.1) is 6.54 Å². The van der Waals surface area contributed by atoms with E-state index in [2.05, 4.69) is 36.6 Å². The maximum Gasteiger partial charge on any atom is 0.322 e. The Morgan fingerprint density at radius 2 is 2.04 bits per heavy atom. The van der Waals surface area contributed by atoms with Crippen LogP contribution in [0.15, 0.2) is 40.8 Å². The molecule has 0 saturated carbocycles. The molecule has 7 heteroatoms. The quantitative estimate of drug-likeness (QED) is 0.800. The van der Waals surface area contributed by atoms with Crippen molar-refractivity contribution in [2.24, 2.45) is 0 Å². The monoisotopic (exact) mass is 381 g/mol. The molecule has 2 aliphatic rings. The predicted molar refractivity (Wildman–Crippen MR) is 103 cm³/mol. The first-order chi connectivity index (χ1) is 13.4. The number of imide groups is 1. The Morgan fingerprint density at radius 3 is 2.75 bits per heavy atom. The molecule has 4 rings (SSSR count). The summed E-state index contributed by atoms with van der Waals surface area (Å²) in [6, 6.07) is 11.0. The SMILES string of the molecule is CC(C)c1cccc(-c2ccc(C(=O)N3CCCC4(C3)NC(=O)NC4=O)o2)c1. The van der Waals surface area contributed by atoms with Gasteiger partial charge in [0.25, 0.3) is 11.8 Å². The molecule has 3 heterocycles. The van der Waals surface area contributed by atoms with Gasteiger partial charge in [-0.3, -0.25) is 14.9 Å². The minimum Gasteiger partial charge on any atom is -0.451 e. The van der Waals surface area contributed by atoms with E-state index < -0.39 is 11.6 Å². The molecule has 0 bridgehead atoms. The molecule has 2 saturated heterocycles. The molecule has 2 aliphatic heterocycles. The second-order valence-electron chi connectivity index (χ2n) is 7.76. The smallest absolute Gasteiger partial charge is 0.322 e. The molecule has 2 fully saturated rings. The fourth-order valence-corrected chi connectivity index (χ4v) is 3.86. The zero-order valence-corrected chi connectivity index (χ0v) is 16.0. The maximum absolute atomic E-state index is 12.9. The summed E-state index contributed by atoms with van der Waals surface area (Å²) < 4.78 is 5.84. The zero-order valence-electron chi connectivity index (χ0n) is 16.0. The number of nitrogens with zero attached hydrogens (tertiary/aromatic N) is 1. The van der Waals surface area contributed by atoms with Crippen LogP contribution in [0.1, 0.15) is 48.7 Å². The van der Waals surface area contributed by atoms with E-state index >= 15 is 0 Å². The molecule has 0 radical (unpaired) electrons. The molecule has 1 spiro atoms. The molecular formula is C21H23N3O4. The van der Waals surface area contributed by atoms with Crippen molar-refractivity contribution in [1.82, 2.24) is 15.5 Å². The first kappa shape index (κ1) is 18.3. The van der Waals surface area contributed by atoms with E-state index in [-0.39, 0.29) is 24.1 Å². The number of furan rings is 1.